The fourth-order valence-electron chi connectivity index (χ4n) is 17.7. The van der Waals surface area contributed by atoms with Gasteiger partial charge in [0.25, 0.3) is 0 Å². The van der Waals surface area contributed by atoms with E-state index in [1.54, 1.807) is 92.8 Å². The first-order valence-electron chi connectivity index (χ1n) is 45.5. The van der Waals surface area contributed by atoms with Crippen molar-refractivity contribution in [2.75, 3.05) is 46.8 Å². The molecule has 133 heavy (non-hydrogen) atoms. The lowest BCUT2D eigenvalue weighted by atomic mass is 9.97. The molecule has 4 saturated heterocycles. The highest BCUT2D eigenvalue weighted by atomic mass is 35.5. The molecule has 0 unspecified atom stereocenters. The molecular weight excluding hydrogens is 1740 g/mol. The molecule has 21 N–H and O–H groups in total. The zero-order chi connectivity index (χ0) is 97.2. The first-order chi connectivity index (χ1) is 63.3. The van der Waals surface area contributed by atoms with Crippen molar-refractivity contribution in [1.82, 2.24) is 81.9 Å². The number of aliphatic carboxylic acids is 2. The molecule has 5 aromatic rings. The molecule has 2 aromatic heterocycles. The number of nitrogens with one attached hydrogen (secondary N) is 10. The van der Waals surface area contributed by atoms with Gasteiger partial charge in [-0.05, 0) is 130 Å². The number of H-pyrrole nitrogens is 1. The smallest absolute Gasteiger partial charge is 0.323 e. The van der Waals surface area contributed by atoms with Gasteiger partial charge < -0.3 is 120 Å². The number of carbonyl (C=O) groups excluding carboxylic acids is 16. The molecule has 3 aromatic carbocycles. The fraction of sp³-hybridized carbons (Fsp3) is 0.560. The molecule has 4 aliphatic rings. The van der Waals surface area contributed by atoms with Gasteiger partial charge >= 0.3 is 11.9 Å². The molecule has 16 amide bonds. The van der Waals surface area contributed by atoms with Gasteiger partial charge in [0.1, 0.15) is 91.1 Å². The lowest BCUT2D eigenvalue weighted by molar-refractivity contribution is -0.149. The molecule has 0 bridgehead atoms. The van der Waals surface area contributed by atoms with E-state index in [2.05, 4.69) is 52.8 Å². The largest absolute Gasteiger partial charge is 0.481 e. The zero-order valence-corrected chi connectivity index (χ0v) is 76.6. The van der Waals surface area contributed by atoms with E-state index in [4.69, 9.17) is 34.5 Å². The third-order valence-corrected chi connectivity index (χ3v) is 25.0. The number of hydrogen-bond acceptors (Lipinski definition) is 21. The number of unbranched alkanes of at least 4 members (excludes halogenated alkanes) is 2. The van der Waals surface area contributed by atoms with Crippen molar-refractivity contribution < 1.29 is 102 Å². The molecule has 0 saturated carbocycles. The number of hydrogen-bond donors (Lipinski definition) is 17. The number of carbonyl (C=O) groups is 18. The number of rotatable bonds is 25. The van der Waals surface area contributed by atoms with Crippen LogP contribution in [0, 0.1) is 5.92 Å². The molecule has 15 atom stereocenters. The van der Waals surface area contributed by atoms with E-state index in [9.17, 15) is 63.3 Å². The maximum Gasteiger partial charge on any atom is 0.323 e. The summed E-state index contributed by atoms with van der Waals surface area (Å²) in [6.45, 7) is 4.99. The topological polar surface area (TPSA) is 617 Å². The highest BCUT2D eigenvalue weighted by Crippen LogP contribution is 2.30. The van der Waals surface area contributed by atoms with Crippen molar-refractivity contribution in [3.05, 3.63) is 107 Å². The minimum Gasteiger partial charge on any atom is -0.481 e. The number of aromatic amines is 1. The average Bonchev–Trinajstić information content (AvgIpc) is 1.65. The molecule has 4 aliphatic heterocycles. The number of benzene rings is 3. The van der Waals surface area contributed by atoms with Gasteiger partial charge in [-0.2, -0.15) is 0 Å². The fourth-order valence-corrected chi connectivity index (χ4v) is 17.8. The maximum absolute atomic E-state index is 15.9. The quantitative estimate of drug-likeness (QED) is 0.0346. The van der Waals surface area contributed by atoms with E-state index in [0.29, 0.717) is 82.0 Å². The number of primary amides is 2. The van der Waals surface area contributed by atoms with Gasteiger partial charge in [0.05, 0.1) is 12.5 Å². The van der Waals surface area contributed by atoms with E-state index in [0.717, 1.165) is 14.7 Å². The summed E-state index contributed by atoms with van der Waals surface area (Å²) in [5.74, 6) is -17.9. The number of piperidine rings is 1. The molecule has 41 nitrogen and oxygen atoms in total. The van der Waals surface area contributed by atoms with Crippen molar-refractivity contribution in [2.45, 2.75) is 273 Å². The van der Waals surface area contributed by atoms with Crippen molar-refractivity contribution in [3.63, 3.8) is 0 Å². The number of carboxylic acid groups (broad SMARTS) is 2. The second-order valence-electron chi connectivity index (χ2n) is 35.1. The van der Waals surface area contributed by atoms with Gasteiger partial charge in [-0.1, -0.05) is 114 Å². The number of carboxylic acids is 2. The van der Waals surface area contributed by atoms with Gasteiger partial charge in [0.2, 0.25) is 94.5 Å². The number of para-hydroxylation sites is 2. The number of nitrogens with two attached hydrogens (primary N) is 4. The number of aliphatic hydroxyl groups is 1. The Morgan fingerprint density at radius 1 is 0.504 bits per heavy atom. The highest BCUT2D eigenvalue weighted by molar-refractivity contribution is 6.30. The van der Waals surface area contributed by atoms with Crippen LogP contribution in [0.3, 0.4) is 0 Å². The third kappa shape index (κ3) is 28.2. The molecule has 0 aliphatic carbocycles. The van der Waals surface area contributed by atoms with Crippen molar-refractivity contribution in [1.29, 1.82) is 0 Å². The Bertz CT molecular complexity index is 5050. The van der Waals surface area contributed by atoms with Crippen LogP contribution in [-0.4, -0.2) is 293 Å². The van der Waals surface area contributed by atoms with Gasteiger partial charge in [0, 0.05) is 118 Å². The zero-order valence-electron chi connectivity index (χ0n) is 75.9. The van der Waals surface area contributed by atoms with Crippen molar-refractivity contribution >= 4 is 140 Å². The Morgan fingerprint density at radius 2 is 1.05 bits per heavy atom. The first-order valence-corrected chi connectivity index (χ1v) is 45.9. The summed E-state index contributed by atoms with van der Waals surface area (Å²) >= 11 is 6.27. The highest BCUT2D eigenvalue weighted by Gasteiger charge is 2.47. The normalized spacial score (nSPS) is 25.5. The Balaban J connectivity index is 1.10. The molecule has 9 rings (SSSR count). The summed E-state index contributed by atoms with van der Waals surface area (Å²) < 4.78 is 1.44. The van der Waals surface area contributed by atoms with Gasteiger partial charge in [0.15, 0.2) is 0 Å². The van der Waals surface area contributed by atoms with Crippen LogP contribution in [0.2, 0.25) is 5.02 Å². The summed E-state index contributed by atoms with van der Waals surface area (Å²) in [5.41, 5.74) is 26.5. The van der Waals surface area contributed by atoms with Crippen LogP contribution in [0.4, 0.5) is 0 Å². The van der Waals surface area contributed by atoms with E-state index < -0.39 is 242 Å². The Kier molecular flexibility index (Phi) is 38.5. The van der Waals surface area contributed by atoms with Crippen LogP contribution in [0.15, 0.2) is 85.2 Å². The predicted octanol–water partition coefficient (Wildman–Crippen LogP) is -0.617. The van der Waals surface area contributed by atoms with Crippen molar-refractivity contribution in [2.24, 2.45) is 28.9 Å². The molecule has 0 spiro atoms. The summed E-state index contributed by atoms with van der Waals surface area (Å²) in [5, 5.41) is 57.0. The molecular formula is C91H127ClN20O21. The van der Waals surface area contributed by atoms with Crippen LogP contribution >= 0.6 is 11.6 Å². The van der Waals surface area contributed by atoms with Gasteiger partial charge in [-0.15, -0.1) is 0 Å². The molecule has 42 heteroatoms. The van der Waals surface area contributed by atoms with Crippen LogP contribution in [-0.2, 0) is 112 Å². The summed E-state index contributed by atoms with van der Waals surface area (Å²) in [6.07, 6.45) is -0.420. The number of nitrogens with zero attached hydrogens (tertiary/aromatic N) is 6. The number of fused-ring (bicyclic) bond motifs is 5. The monoisotopic (exact) mass is 1870 g/mol. The standard InChI is InChI=1S/C91H127ClN20O21/c1-7-9-23-69-83(125)102-62(39-50(3)4)80(122)99-59(78(96)120)22-17-28-75(115)98-64(40-51-29-31-54(92)32-30-51)89(131)110-37-16-15-26-70(110)84(126)105-66(44-74(95)114)90(132)111-38-18-27-71(111)85(127)106-67(45-94)82(124)101-61(33-34-76(116)117)88(130)112-48-55(113)43-73(112)86(128)103-63(41-52-46-97-58-21-13-11-19-56(52)58)81(123)100-60(35-36-93)79(121)104-65(87(129)108(6)72(24-10-8-2)91(133)107(69)5)42-53-47-109(49-77(118)119)68-25-14-12-20-57(53)68/h11-14,19-21,25,29-32,46-47,50,55,59-67,69-73,97,113H,7-10,15-18,22-24,26-28,33-45,48-49,93-94H2,1-6H3,(H2,95,114)(H2,96,120)(H,98,115)(H,99,122)(H,100,123)(H,101,124)(H,102,125)(H,103,128)(H,104,121)(H,105,126)(H,106,127)(H,116,117)(H,118,119)/t55-,59+,60+,61+,62+,63+,64+,65+,66+,67+,69+,70+,71+,72+,73+/m1/s1. The number of amides is 16. The maximum atomic E-state index is 15.9. The molecule has 724 valence electrons. The minimum atomic E-state index is -1.83. The second kappa shape index (κ2) is 49.2. The van der Waals surface area contributed by atoms with Gasteiger partial charge in [-0.25, -0.2) is 0 Å². The van der Waals surface area contributed by atoms with Crippen LogP contribution in [0.1, 0.15) is 173 Å². The summed E-state index contributed by atoms with van der Waals surface area (Å²) in [7, 11) is 2.71. The van der Waals surface area contributed by atoms with Crippen LogP contribution in [0.5, 0.6) is 0 Å². The summed E-state index contributed by atoms with van der Waals surface area (Å²) in [4.78, 5) is 270. The average molecular weight is 1870 g/mol. The Hall–Kier alpha value is -12.6. The van der Waals surface area contributed by atoms with E-state index >= 15 is 38.4 Å². The second-order valence-corrected chi connectivity index (χ2v) is 35.5. The number of aliphatic hydroxyl groups excluding tert-OH is 1. The lowest BCUT2D eigenvalue weighted by Crippen LogP contribution is -2.62. The first kappa shape index (κ1) is 104. The molecule has 6 heterocycles. The third-order valence-electron chi connectivity index (χ3n) is 24.7. The number of halogens is 1. The van der Waals surface area contributed by atoms with Crippen molar-refractivity contribution in [3.8, 4) is 0 Å². The van der Waals surface area contributed by atoms with E-state index in [1.807, 2.05) is 13.8 Å². The Labute approximate surface area is 774 Å². The predicted molar refractivity (Wildman–Crippen MR) is 486 cm³/mol. The van der Waals surface area contributed by atoms with E-state index in [1.165, 1.54) is 34.7 Å². The summed E-state index contributed by atoms with van der Waals surface area (Å²) in [6, 6.07) is -1.66. The van der Waals surface area contributed by atoms with Crippen LogP contribution in [0.25, 0.3) is 21.8 Å². The van der Waals surface area contributed by atoms with Gasteiger partial charge in [-0.3, -0.25) is 86.3 Å². The number of likely N-dealkylation sites (N-methyl/N-ethyl adjacent to an activating group) is 2. The lowest BCUT2D eigenvalue weighted by Gasteiger charge is -2.38. The Morgan fingerprint density at radius 3 is 1.68 bits per heavy atom. The van der Waals surface area contributed by atoms with E-state index in [-0.39, 0.29) is 109 Å². The van der Waals surface area contributed by atoms with Crippen LogP contribution < -0.4 is 70.8 Å². The molecule has 0 radical (unpaired) electrons. The number of aromatic nitrogens is 2. The SMILES string of the molecule is CCCC[C@H]1C(=O)N(C)[C@@H](CCCC)C(=O)N[C@@H](CC(C)C)C(=O)N[C@H](C(N)=O)CCCC(=O)N[C@@H](Cc2ccc(Cl)cc2)C(=O)N2CCCC[C@H]2C(=O)N[C@@H](CC(N)=O)C(=O)N2CCC[C@H]2C(=O)N[C@@H](CN)C(=O)N[C@@H](CCC(=O)O)C(=O)N2C[C@H](O)C[C@H]2C(=O)N[C@@H](Cc2c[nH]c3ccccc23)C(=O)N[C@@H](CCN)C(=O)N[C@@H](Cc2cn(CC(=O)O)c3ccccc23)C(=O)N1C. The minimum absolute atomic E-state index is 0.0100. The molecule has 4 fully saturated rings.